The van der Waals surface area contributed by atoms with Gasteiger partial charge in [-0.1, -0.05) is 48.5 Å². The van der Waals surface area contributed by atoms with Crippen molar-refractivity contribution in [1.82, 2.24) is 10.6 Å². The molecule has 0 saturated carbocycles. The molecule has 0 radical (unpaired) electrons. The minimum absolute atomic E-state index is 0.216. The summed E-state index contributed by atoms with van der Waals surface area (Å²) in [6.07, 6.45) is 0. The predicted octanol–water partition coefficient (Wildman–Crippen LogP) is 4.00. The van der Waals surface area contributed by atoms with Gasteiger partial charge in [0, 0.05) is 17.2 Å². The molecule has 2 nitrogen and oxygen atoms in total. The van der Waals surface area contributed by atoms with Crippen molar-refractivity contribution in [2.45, 2.75) is 17.9 Å². The van der Waals surface area contributed by atoms with E-state index in [1.54, 1.807) is 0 Å². The first-order chi connectivity index (χ1) is 10.3. The highest BCUT2D eigenvalue weighted by Gasteiger charge is 2.05. The molecule has 4 heteroatoms. The zero-order valence-corrected chi connectivity index (χ0v) is 13.7. The second-order valence-corrected chi connectivity index (χ2v) is 6.27. The summed E-state index contributed by atoms with van der Waals surface area (Å²) in [7, 11) is 0. The van der Waals surface area contributed by atoms with Crippen LogP contribution < -0.4 is 10.6 Å². The summed E-state index contributed by atoms with van der Waals surface area (Å²) >= 11 is 7.16. The van der Waals surface area contributed by atoms with E-state index in [0.717, 1.165) is 12.3 Å². The van der Waals surface area contributed by atoms with Crippen LogP contribution in [0.4, 0.5) is 0 Å². The number of benzene rings is 2. The molecule has 0 bridgehead atoms. The van der Waals surface area contributed by atoms with Gasteiger partial charge in [-0.3, -0.25) is 0 Å². The molecule has 2 N–H and O–H groups in total. The smallest absolute Gasteiger partial charge is 0.166 e. The summed E-state index contributed by atoms with van der Waals surface area (Å²) in [6.45, 7) is 2.97. The molecule has 0 aromatic heterocycles. The van der Waals surface area contributed by atoms with Crippen LogP contribution in [0.25, 0.3) is 0 Å². The Labute approximate surface area is 136 Å². The third-order valence-corrected chi connectivity index (χ3v) is 4.32. The Bertz CT molecular complexity index is 543. The highest BCUT2D eigenvalue weighted by molar-refractivity contribution is 7.99. The van der Waals surface area contributed by atoms with Crippen LogP contribution in [0.5, 0.6) is 0 Å². The molecule has 0 aliphatic carbocycles. The average molecular weight is 316 g/mol. The third kappa shape index (κ3) is 5.78. The molecule has 0 unspecified atom stereocenters. The Morgan fingerprint density at radius 2 is 1.67 bits per heavy atom. The summed E-state index contributed by atoms with van der Waals surface area (Å²) in [5.74, 6) is 0.992. The van der Waals surface area contributed by atoms with E-state index in [4.69, 9.17) is 12.2 Å². The van der Waals surface area contributed by atoms with Crippen LogP contribution in [-0.4, -0.2) is 17.4 Å². The topological polar surface area (TPSA) is 24.1 Å². The van der Waals surface area contributed by atoms with Crippen molar-refractivity contribution in [2.75, 3.05) is 12.3 Å². The minimum atomic E-state index is 0.216. The lowest BCUT2D eigenvalue weighted by atomic mass is 10.1. The first-order valence-electron chi connectivity index (χ1n) is 7.03. The highest BCUT2D eigenvalue weighted by atomic mass is 32.2. The van der Waals surface area contributed by atoms with E-state index in [9.17, 15) is 0 Å². The van der Waals surface area contributed by atoms with E-state index in [1.165, 1.54) is 10.5 Å². The van der Waals surface area contributed by atoms with E-state index in [1.807, 2.05) is 36.0 Å². The maximum atomic E-state index is 5.33. The fraction of sp³-hybridized carbons (Fsp3) is 0.235. The van der Waals surface area contributed by atoms with Gasteiger partial charge in [0.1, 0.15) is 0 Å². The summed E-state index contributed by atoms with van der Waals surface area (Å²) in [4.78, 5) is 1.29. The maximum absolute atomic E-state index is 5.33. The molecule has 0 saturated heterocycles. The summed E-state index contributed by atoms with van der Waals surface area (Å²) < 4.78 is 0. The molecule has 0 fully saturated rings. The summed E-state index contributed by atoms with van der Waals surface area (Å²) in [5.41, 5.74) is 1.24. The van der Waals surface area contributed by atoms with Gasteiger partial charge in [0.05, 0.1) is 6.04 Å². The quantitative estimate of drug-likeness (QED) is 0.478. The summed E-state index contributed by atoms with van der Waals surface area (Å²) in [5, 5.41) is 7.27. The fourth-order valence-corrected chi connectivity index (χ4v) is 2.99. The monoisotopic (exact) mass is 316 g/mol. The van der Waals surface area contributed by atoms with Crippen LogP contribution in [0.15, 0.2) is 65.6 Å². The Kier molecular flexibility index (Phi) is 6.57. The summed E-state index contributed by atoms with van der Waals surface area (Å²) in [6, 6.07) is 20.9. The van der Waals surface area contributed by atoms with Crippen LogP contribution in [0.3, 0.4) is 0 Å². The molecule has 2 aromatic rings. The van der Waals surface area contributed by atoms with Crippen LogP contribution in [0, 0.1) is 0 Å². The van der Waals surface area contributed by atoms with Gasteiger partial charge < -0.3 is 10.6 Å². The van der Waals surface area contributed by atoms with Crippen molar-refractivity contribution in [3.8, 4) is 0 Å². The Morgan fingerprint density at radius 3 is 2.33 bits per heavy atom. The van der Waals surface area contributed by atoms with Gasteiger partial charge in [-0.2, -0.15) is 0 Å². The number of rotatable bonds is 6. The molecule has 0 aliphatic heterocycles. The molecule has 0 aliphatic rings. The van der Waals surface area contributed by atoms with Gasteiger partial charge in [-0.05, 0) is 36.8 Å². The second kappa shape index (κ2) is 8.70. The van der Waals surface area contributed by atoms with Gasteiger partial charge in [-0.15, -0.1) is 11.8 Å². The molecule has 21 heavy (non-hydrogen) atoms. The lowest BCUT2D eigenvalue weighted by Crippen LogP contribution is -2.37. The van der Waals surface area contributed by atoms with Crippen molar-refractivity contribution < 1.29 is 0 Å². The van der Waals surface area contributed by atoms with Gasteiger partial charge in [-0.25, -0.2) is 0 Å². The molecule has 2 aromatic carbocycles. The van der Waals surface area contributed by atoms with Crippen molar-refractivity contribution >= 4 is 29.1 Å². The van der Waals surface area contributed by atoms with E-state index in [2.05, 4.69) is 54.0 Å². The van der Waals surface area contributed by atoms with Gasteiger partial charge in [0.15, 0.2) is 5.11 Å². The predicted molar refractivity (Wildman–Crippen MR) is 95.8 cm³/mol. The van der Waals surface area contributed by atoms with Crippen molar-refractivity contribution in [1.29, 1.82) is 0 Å². The average Bonchev–Trinajstić information content (AvgIpc) is 2.53. The molecular weight excluding hydrogens is 296 g/mol. The Balaban J connectivity index is 1.66. The number of hydrogen-bond donors (Lipinski definition) is 2. The lowest BCUT2D eigenvalue weighted by Gasteiger charge is -2.17. The lowest BCUT2D eigenvalue weighted by molar-refractivity contribution is 0.703. The molecule has 2 rings (SSSR count). The highest BCUT2D eigenvalue weighted by Crippen LogP contribution is 2.15. The maximum Gasteiger partial charge on any atom is 0.166 e. The Morgan fingerprint density at radius 1 is 1.05 bits per heavy atom. The Hall–Kier alpha value is -1.52. The van der Waals surface area contributed by atoms with Crippen LogP contribution >= 0.6 is 24.0 Å². The first kappa shape index (κ1) is 15.9. The molecule has 0 heterocycles. The zero-order valence-electron chi connectivity index (χ0n) is 12.1. The van der Waals surface area contributed by atoms with Crippen LogP contribution in [0.1, 0.15) is 18.5 Å². The van der Waals surface area contributed by atoms with Gasteiger partial charge in [0.25, 0.3) is 0 Å². The number of nitrogens with one attached hydrogen (secondary N) is 2. The van der Waals surface area contributed by atoms with E-state index in [-0.39, 0.29) is 6.04 Å². The van der Waals surface area contributed by atoms with Gasteiger partial charge in [0.2, 0.25) is 0 Å². The number of hydrogen-bond acceptors (Lipinski definition) is 2. The molecule has 0 amide bonds. The zero-order chi connectivity index (χ0) is 14.9. The van der Waals surface area contributed by atoms with E-state index < -0.39 is 0 Å². The molecule has 110 valence electrons. The van der Waals surface area contributed by atoms with Crippen LogP contribution in [-0.2, 0) is 0 Å². The number of thiocarbonyl (C=S) groups is 1. The largest absolute Gasteiger partial charge is 0.362 e. The van der Waals surface area contributed by atoms with Gasteiger partial charge >= 0.3 is 0 Å². The van der Waals surface area contributed by atoms with Crippen molar-refractivity contribution in [3.63, 3.8) is 0 Å². The third-order valence-electron chi connectivity index (χ3n) is 3.05. The SMILES string of the molecule is C[C@@H](NC(=S)NCCSc1ccccc1)c1ccccc1. The van der Waals surface area contributed by atoms with Crippen molar-refractivity contribution in [2.24, 2.45) is 0 Å². The van der Waals surface area contributed by atoms with Crippen molar-refractivity contribution in [3.05, 3.63) is 66.2 Å². The molecular formula is C17H20N2S2. The van der Waals surface area contributed by atoms with Crippen LogP contribution in [0.2, 0.25) is 0 Å². The first-order valence-corrected chi connectivity index (χ1v) is 8.42. The number of thioether (sulfide) groups is 1. The standard InChI is InChI=1S/C17H20N2S2/c1-14(15-8-4-2-5-9-15)19-17(20)18-12-13-21-16-10-6-3-7-11-16/h2-11,14H,12-13H2,1H3,(H2,18,19,20)/t14-/m1/s1. The molecule has 1 atom stereocenters. The van der Waals surface area contributed by atoms with E-state index >= 15 is 0 Å². The second-order valence-electron chi connectivity index (χ2n) is 4.69. The normalized spacial score (nSPS) is 11.7. The minimum Gasteiger partial charge on any atom is -0.362 e. The molecule has 0 spiro atoms. The van der Waals surface area contributed by atoms with E-state index in [0.29, 0.717) is 5.11 Å². The fourth-order valence-electron chi connectivity index (χ4n) is 1.92.